The zero-order chi connectivity index (χ0) is 6.95. The summed E-state index contributed by atoms with van der Waals surface area (Å²) in [5, 5.41) is 0. The van der Waals surface area contributed by atoms with Crippen molar-refractivity contribution >= 4 is 0 Å². The molecule has 0 aliphatic carbocycles. The van der Waals surface area contributed by atoms with Crippen molar-refractivity contribution < 1.29 is 39.0 Å². The van der Waals surface area contributed by atoms with E-state index < -0.39 is 0 Å². The molecule has 0 aliphatic rings. The fourth-order valence-electron chi connectivity index (χ4n) is 0.188. The van der Waals surface area contributed by atoms with Crippen molar-refractivity contribution in [2.45, 2.75) is 6.92 Å². The Hall–Kier alpha value is -0.513. The fourth-order valence-corrected chi connectivity index (χ4v) is 0.188. The normalized spacial score (nSPS) is 2.91. The van der Waals surface area contributed by atoms with Crippen LogP contribution >= 0.6 is 0 Å². The molecule has 2 heteroatoms. The number of hydrogen-bond acceptors (Lipinski definition) is 0. The average molecular weight is 313 g/mol. The molecule has 0 aliphatic heterocycles. The Balaban J connectivity index is -0.000000320. The molecule has 0 spiro atoms. The smallest absolute Gasteiger partial charge is 0.358 e. The molecule has 0 saturated carbocycles. The van der Waals surface area contributed by atoms with Crippen LogP contribution in [0.25, 0.3) is 0 Å². The van der Waals surface area contributed by atoms with Gasteiger partial charge in [-0.05, 0) is 24.7 Å². The van der Waals surface area contributed by atoms with E-state index in [1.165, 1.54) is 0 Å². The summed E-state index contributed by atoms with van der Waals surface area (Å²) in [4.78, 5) is 0. The zero-order valence-corrected chi connectivity index (χ0v) is 9.18. The molecule has 0 nitrogen and oxygen atoms in total. The molecule has 0 aromatic carbocycles. The van der Waals surface area contributed by atoms with Gasteiger partial charge in [0.1, 0.15) is 0 Å². The van der Waals surface area contributed by atoms with Gasteiger partial charge in [-0.2, -0.15) is 0 Å². The number of rotatable bonds is 0. The topological polar surface area (TPSA) is 0 Å². The van der Waals surface area contributed by atoms with E-state index in [9.17, 15) is 0 Å². The van der Waals surface area contributed by atoms with Crippen LogP contribution in [0, 0.1) is 47.9 Å². The van der Waals surface area contributed by atoms with Gasteiger partial charge in [0.05, 0.1) is 0 Å². The molecule has 0 fully saturated rings. The van der Waals surface area contributed by atoms with Crippen LogP contribution in [0.4, 0.5) is 0 Å². The summed E-state index contributed by atoms with van der Waals surface area (Å²) in [7, 11) is 0. The van der Waals surface area contributed by atoms with Gasteiger partial charge in [-0.15, -0.1) is 5.92 Å². The second kappa shape index (κ2) is 16.2. The molecule has 0 unspecified atom stereocenters. The monoisotopic (exact) mass is 315 g/mol. The first-order chi connectivity index (χ1) is 4.41. The molecule has 0 atom stereocenters. The van der Waals surface area contributed by atoms with E-state index in [0.717, 1.165) is 0 Å². The van der Waals surface area contributed by atoms with E-state index in [0.29, 0.717) is 0 Å². The Morgan fingerprint density at radius 2 is 1.36 bits per heavy atom. The van der Waals surface area contributed by atoms with Gasteiger partial charge in [0.15, 0.2) is 0 Å². The second-order valence-corrected chi connectivity index (χ2v) is 1.00. The van der Waals surface area contributed by atoms with Gasteiger partial charge in [-0.3, -0.25) is 5.92 Å². The molecule has 11 heavy (non-hydrogen) atoms. The minimum absolute atomic E-state index is 0. The van der Waals surface area contributed by atoms with Crippen molar-refractivity contribution in [1.82, 2.24) is 0 Å². The van der Waals surface area contributed by atoms with Crippen LogP contribution in [0.1, 0.15) is 6.92 Å². The third-order valence-electron chi connectivity index (χ3n) is 0.438. The zero-order valence-electron chi connectivity index (χ0n) is 5.71. The third-order valence-corrected chi connectivity index (χ3v) is 0.438. The minimum atomic E-state index is 0. The quantitative estimate of drug-likeness (QED) is 0.349. The van der Waals surface area contributed by atoms with E-state index in [4.69, 9.17) is 6.42 Å². The fraction of sp³-hybridized carbons (Fsp3) is 0.111. The van der Waals surface area contributed by atoms with Gasteiger partial charge in [-0.1, -0.05) is 5.92 Å². The molecule has 0 N–H and O–H groups in total. The van der Waals surface area contributed by atoms with Gasteiger partial charge in [0.25, 0.3) is 0 Å². The Kier molecular flexibility index (Phi) is 24.9. The summed E-state index contributed by atoms with van der Waals surface area (Å²) in [5.74, 6) is 16.4. The van der Waals surface area contributed by atoms with Crippen LogP contribution in [0.3, 0.4) is 0 Å². The Bertz CT molecular complexity index is 288. The van der Waals surface area contributed by atoms with Crippen LogP contribution in [0.5, 0.6) is 0 Å². The molecule has 0 bridgehead atoms. The van der Waals surface area contributed by atoms with Crippen molar-refractivity contribution in [3.8, 4) is 41.4 Å². The summed E-state index contributed by atoms with van der Waals surface area (Å²) in [5.41, 5.74) is 0. The molecule has 0 amide bonds. The van der Waals surface area contributed by atoms with E-state index in [1.54, 1.807) is 6.92 Å². The number of hydrogen-bond donors (Lipinski definition) is 0. The molecule has 0 rings (SSSR count). The minimum Gasteiger partial charge on any atom is -0.358 e. The van der Waals surface area contributed by atoms with Crippen LogP contribution in [-0.2, 0) is 39.0 Å². The molecule has 0 saturated heterocycles. The second-order valence-electron chi connectivity index (χ2n) is 1.00. The van der Waals surface area contributed by atoms with Gasteiger partial charge in [0, 0.05) is 19.5 Å². The van der Waals surface area contributed by atoms with E-state index in [1.807, 2.05) is 5.92 Å². The Morgan fingerprint density at radius 3 is 1.82 bits per heavy atom. The van der Waals surface area contributed by atoms with Gasteiger partial charge < -0.3 is 6.42 Å². The molecular weight excluding hydrogens is 310 g/mol. The average Bonchev–Trinajstić information content (AvgIpc) is 1.89. The van der Waals surface area contributed by atoms with Gasteiger partial charge in [0.2, 0.25) is 0 Å². The van der Waals surface area contributed by atoms with Crippen LogP contribution in [0.15, 0.2) is 0 Å². The molecule has 0 aromatic heterocycles. The molecular formula is C9H3Ru2. The standard InChI is InChI=1S/C9H3.2Ru/c1-3-5-7-9-8-6-4-2;;/h1H3;;/q-1;;+1. The van der Waals surface area contributed by atoms with E-state index in [-0.39, 0.29) is 39.0 Å². The van der Waals surface area contributed by atoms with Crippen LogP contribution < -0.4 is 0 Å². The van der Waals surface area contributed by atoms with Crippen LogP contribution in [-0.4, -0.2) is 0 Å². The van der Waals surface area contributed by atoms with E-state index in [2.05, 4.69) is 35.5 Å². The summed E-state index contributed by atoms with van der Waals surface area (Å²) in [6.45, 7) is 1.70. The maximum Gasteiger partial charge on any atom is 1.00 e. The van der Waals surface area contributed by atoms with Crippen molar-refractivity contribution in [3.05, 3.63) is 6.42 Å². The first-order valence-electron chi connectivity index (χ1n) is 2.25. The van der Waals surface area contributed by atoms with Crippen molar-refractivity contribution in [2.75, 3.05) is 0 Å². The predicted molar refractivity (Wildman–Crippen MR) is 36.1 cm³/mol. The predicted octanol–water partition coefficient (Wildman–Crippen LogP) is 0.601. The maximum atomic E-state index is 6.36. The van der Waals surface area contributed by atoms with Crippen molar-refractivity contribution in [2.24, 2.45) is 0 Å². The maximum absolute atomic E-state index is 6.36. The van der Waals surface area contributed by atoms with Gasteiger partial charge >= 0.3 is 19.5 Å². The third kappa shape index (κ3) is 17.7. The SMILES string of the molecule is [C-]#CC#CC#CC#CC.[Ru+].[Ru]. The molecule has 55 valence electrons. The van der Waals surface area contributed by atoms with Crippen molar-refractivity contribution in [1.29, 1.82) is 0 Å². The van der Waals surface area contributed by atoms with Gasteiger partial charge in [-0.25, -0.2) is 5.92 Å². The summed E-state index contributed by atoms with van der Waals surface area (Å²) < 4.78 is 0. The summed E-state index contributed by atoms with van der Waals surface area (Å²) in [6.07, 6.45) is 6.36. The first-order valence-corrected chi connectivity index (χ1v) is 2.25. The van der Waals surface area contributed by atoms with Crippen molar-refractivity contribution in [3.63, 3.8) is 0 Å². The molecule has 0 aromatic rings. The Labute approximate surface area is 93.4 Å². The van der Waals surface area contributed by atoms with Crippen LogP contribution in [0.2, 0.25) is 0 Å². The largest absolute Gasteiger partial charge is 1.00 e. The first kappa shape index (κ1) is 16.8. The summed E-state index contributed by atoms with van der Waals surface area (Å²) in [6, 6.07) is 0. The Morgan fingerprint density at radius 1 is 0.909 bits per heavy atom. The summed E-state index contributed by atoms with van der Waals surface area (Å²) >= 11 is 0. The van der Waals surface area contributed by atoms with E-state index >= 15 is 0 Å². The molecule has 0 heterocycles. The molecule has 1 radical (unpaired) electrons.